The maximum atomic E-state index is 12.5. The molecule has 2 rings (SSSR count). The van der Waals surface area contributed by atoms with E-state index in [1.54, 1.807) is 24.3 Å². The molecule has 0 radical (unpaired) electrons. The number of amides is 1. The Morgan fingerprint density at radius 3 is 2.46 bits per heavy atom. The molecule has 0 spiro atoms. The molecule has 0 fully saturated rings. The summed E-state index contributed by atoms with van der Waals surface area (Å²) < 4.78 is 0.596. The molecule has 0 aromatic heterocycles. The van der Waals surface area contributed by atoms with Crippen LogP contribution in [0.25, 0.3) is 0 Å². The van der Waals surface area contributed by atoms with Gasteiger partial charge in [0.2, 0.25) is 0 Å². The second-order valence-corrected chi connectivity index (χ2v) is 7.35. The number of carbonyl (C=O) groups is 2. The summed E-state index contributed by atoms with van der Waals surface area (Å²) in [6.45, 7) is 9.27. The van der Waals surface area contributed by atoms with Crippen LogP contribution in [-0.2, 0) is 0 Å². The number of ketones is 1. The zero-order valence-electron chi connectivity index (χ0n) is 14.8. The molecule has 2 N–H and O–H groups in total. The third kappa shape index (κ3) is 4.96. The molecule has 4 nitrogen and oxygen atoms in total. The van der Waals surface area contributed by atoms with E-state index in [0.29, 0.717) is 26.3 Å². The standard InChI is InChI=1S/C20H20BrClN2O2/c1-11-9-16(22)6-8-19(11)23-12(2)13(3)24-20(26)15-5-7-17(14(4)25)18(21)10-15/h5-10,13,23H,2H2,1,3-4H3,(H,24,26). The van der Waals surface area contributed by atoms with Gasteiger partial charge in [0.25, 0.3) is 5.91 Å². The van der Waals surface area contributed by atoms with Crippen molar-refractivity contribution in [3.63, 3.8) is 0 Å². The molecule has 6 heteroatoms. The fraction of sp³-hybridized carbons (Fsp3) is 0.200. The molecule has 2 aromatic carbocycles. The average molecular weight is 436 g/mol. The zero-order valence-corrected chi connectivity index (χ0v) is 17.2. The van der Waals surface area contributed by atoms with Crippen molar-refractivity contribution < 1.29 is 9.59 Å². The Morgan fingerprint density at radius 1 is 1.19 bits per heavy atom. The molecule has 1 unspecified atom stereocenters. The molecule has 0 aliphatic heterocycles. The number of nitrogens with one attached hydrogen (secondary N) is 2. The van der Waals surface area contributed by atoms with Gasteiger partial charge in [0, 0.05) is 32.0 Å². The van der Waals surface area contributed by atoms with Crippen LogP contribution in [0.4, 0.5) is 5.69 Å². The molecule has 0 bridgehead atoms. The molecular formula is C20H20BrClN2O2. The van der Waals surface area contributed by atoms with E-state index in [2.05, 4.69) is 33.1 Å². The first-order valence-corrected chi connectivity index (χ1v) is 9.19. The minimum atomic E-state index is -0.302. The number of halogens is 2. The number of aryl methyl sites for hydroxylation is 1. The Bertz CT molecular complexity index is 880. The van der Waals surface area contributed by atoms with Crippen molar-refractivity contribution in [2.45, 2.75) is 26.8 Å². The zero-order chi connectivity index (χ0) is 19.4. The van der Waals surface area contributed by atoms with Gasteiger partial charge < -0.3 is 10.6 Å². The normalized spacial score (nSPS) is 11.6. The predicted octanol–water partition coefficient (Wildman–Crippen LogP) is 5.36. The Morgan fingerprint density at radius 2 is 1.88 bits per heavy atom. The second-order valence-electron chi connectivity index (χ2n) is 6.06. The van der Waals surface area contributed by atoms with Gasteiger partial charge in [-0.05, 0) is 62.7 Å². The van der Waals surface area contributed by atoms with Crippen molar-refractivity contribution >= 4 is 44.9 Å². The van der Waals surface area contributed by atoms with Crippen molar-refractivity contribution in [2.24, 2.45) is 0 Å². The number of Topliss-reactive ketones (excluding diaryl/α,β-unsaturated/α-hetero) is 1. The van der Waals surface area contributed by atoms with Crippen molar-refractivity contribution in [1.29, 1.82) is 0 Å². The SMILES string of the molecule is C=C(Nc1ccc(Cl)cc1C)C(C)NC(=O)c1ccc(C(C)=O)c(Br)c1. The monoisotopic (exact) mass is 434 g/mol. The molecule has 1 amide bonds. The third-order valence-corrected chi connectivity index (χ3v) is 4.86. The maximum Gasteiger partial charge on any atom is 0.251 e. The minimum Gasteiger partial charge on any atom is -0.357 e. The molecule has 0 aliphatic carbocycles. The third-order valence-electron chi connectivity index (χ3n) is 3.96. The van der Waals surface area contributed by atoms with Gasteiger partial charge in [0.05, 0.1) is 6.04 Å². The summed E-state index contributed by atoms with van der Waals surface area (Å²) in [5, 5.41) is 6.76. The lowest BCUT2D eigenvalue weighted by Crippen LogP contribution is -2.35. The predicted molar refractivity (Wildman–Crippen MR) is 110 cm³/mol. The largest absolute Gasteiger partial charge is 0.357 e. The number of hydrogen-bond donors (Lipinski definition) is 2. The van der Waals surface area contributed by atoms with Crippen LogP contribution in [0, 0.1) is 6.92 Å². The van der Waals surface area contributed by atoms with Gasteiger partial charge in [0.15, 0.2) is 5.78 Å². The lowest BCUT2D eigenvalue weighted by atomic mass is 10.1. The molecule has 0 heterocycles. The van der Waals surface area contributed by atoms with Crippen LogP contribution in [0.3, 0.4) is 0 Å². The van der Waals surface area contributed by atoms with Crippen molar-refractivity contribution in [2.75, 3.05) is 5.32 Å². The quantitative estimate of drug-likeness (QED) is 0.601. The summed E-state index contributed by atoms with van der Waals surface area (Å²) in [6, 6.07) is 10.1. The highest BCUT2D eigenvalue weighted by Gasteiger charge is 2.15. The van der Waals surface area contributed by atoms with E-state index in [1.807, 2.05) is 26.0 Å². The molecule has 1 atom stereocenters. The van der Waals surface area contributed by atoms with E-state index < -0.39 is 0 Å². The molecule has 0 saturated heterocycles. The van der Waals surface area contributed by atoms with E-state index in [0.717, 1.165) is 11.3 Å². The highest BCUT2D eigenvalue weighted by Crippen LogP contribution is 2.22. The molecule has 0 saturated carbocycles. The van der Waals surface area contributed by atoms with Gasteiger partial charge in [-0.3, -0.25) is 9.59 Å². The van der Waals surface area contributed by atoms with Gasteiger partial charge >= 0.3 is 0 Å². The number of carbonyl (C=O) groups excluding carboxylic acids is 2. The van der Waals surface area contributed by atoms with Crippen LogP contribution >= 0.6 is 27.5 Å². The first-order chi connectivity index (χ1) is 12.2. The highest BCUT2D eigenvalue weighted by atomic mass is 79.9. The Kier molecular flexibility index (Phi) is 6.62. The first-order valence-electron chi connectivity index (χ1n) is 8.02. The molecular weight excluding hydrogens is 416 g/mol. The van der Waals surface area contributed by atoms with Crippen LogP contribution < -0.4 is 10.6 Å². The average Bonchev–Trinajstić information content (AvgIpc) is 2.56. The van der Waals surface area contributed by atoms with Crippen LogP contribution in [0.1, 0.15) is 40.1 Å². The fourth-order valence-electron chi connectivity index (χ4n) is 2.36. The lowest BCUT2D eigenvalue weighted by molar-refractivity contribution is 0.0943. The number of hydrogen-bond acceptors (Lipinski definition) is 3. The van der Waals surface area contributed by atoms with Crippen molar-refractivity contribution in [3.8, 4) is 0 Å². The van der Waals surface area contributed by atoms with Crippen LogP contribution in [0.2, 0.25) is 5.02 Å². The molecule has 0 aliphatic rings. The van der Waals surface area contributed by atoms with Gasteiger partial charge in [-0.15, -0.1) is 0 Å². The smallest absolute Gasteiger partial charge is 0.251 e. The maximum absolute atomic E-state index is 12.5. The van der Waals surface area contributed by atoms with Crippen LogP contribution in [-0.4, -0.2) is 17.7 Å². The van der Waals surface area contributed by atoms with E-state index in [1.165, 1.54) is 6.92 Å². The summed E-state index contributed by atoms with van der Waals surface area (Å²) in [5.74, 6) is -0.308. The summed E-state index contributed by atoms with van der Waals surface area (Å²) in [5.41, 5.74) is 3.53. The first kappa shape index (κ1) is 20.2. The van der Waals surface area contributed by atoms with Gasteiger partial charge in [-0.1, -0.05) is 34.1 Å². The minimum absolute atomic E-state index is 0.0619. The van der Waals surface area contributed by atoms with E-state index in [-0.39, 0.29) is 17.7 Å². The van der Waals surface area contributed by atoms with Crippen molar-refractivity contribution in [1.82, 2.24) is 5.32 Å². The molecule has 2 aromatic rings. The Balaban J connectivity index is 2.05. The van der Waals surface area contributed by atoms with Crippen LogP contribution in [0.5, 0.6) is 0 Å². The van der Waals surface area contributed by atoms with E-state index in [4.69, 9.17) is 11.6 Å². The summed E-state index contributed by atoms with van der Waals surface area (Å²) in [7, 11) is 0. The van der Waals surface area contributed by atoms with E-state index >= 15 is 0 Å². The number of rotatable bonds is 6. The molecule has 136 valence electrons. The summed E-state index contributed by atoms with van der Waals surface area (Å²) in [6.07, 6.45) is 0. The number of benzene rings is 2. The van der Waals surface area contributed by atoms with Gasteiger partial charge in [-0.2, -0.15) is 0 Å². The fourth-order valence-corrected chi connectivity index (χ4v) is 3.24. The summed E-state index contributed by atoms with van der Waals surface area (Å²) in [4.78, 5) is 23.9. The van der Waals surface area contributed by atoms with E-state index in [9.17, 15) is 9.59 Å². The Labute approximate surface area is 166 Å². The highest BCUT2D eigenvalue weighted by molar-refractivity contribution is 9.10. The van der Waals surface area contributed by atoms with Gasteiger partial charge in [0.1, 0.15) is 0 Å². The van der Waals surface area contributed by atoms with Crippen LogP contribution in [0.15, 0.2) is 53.1 Å². The Hall–Kier alpha value is -2.11. The number of anilines is 1. The second kappa shape index (κ2) is 8.52. The van der Waals surface area contributed by atoms with Crippen molar-refractivity contribution in [3.05, 3.63) is 74.9 Å². The lowest BCUT2D eigenvalue weighted by Gasteiger charge is -2.20. The summed E-state index contributed by atoms with van der Waals surface area (Å²) >= 11 is 9.29. The topological polar surface area (TPSA) is 58.2 Å². The van der Waals surface area contributed by atoms with Gasteiger partial charge in [-0.25, -0.2) is 0 Å². The molecule has 26 heavy (non-hydrogen) atoms.